The molecular weight excluding hydrogens is 261 g/mol. The van der Waals surface area contributed by atoms with Gasteiger partial charge in [0, 0.05) is 13.0 Å². The summed E-state index contributed by atoms with van der Waals surface area (Å²) in [7, 11) is 3.04. The Balaban J connectivity index is 2.01. The molecule has 1 heterocycles. The number of nitrogens with zero attached hydrogens (tertiary/aromatic N) is 1. The molecule has 110 valence electrons. The van der Waals surface area contributed by atoms with Gasteiger partial charge in [-0.3, -0.25) is 4.90 Å². The summed E-state index contributed by atoms with van der Waals surface area (Å²) in [4.78, 5) is 13.7. The maximum atomic E-state index is 13.6. The molecule has 0 aromatic heterocycles. The summed E-state index contributed by atoms with van der Waals surface area (Å²) in [5.74, 6) is -0.437. The normalized spacial score (nSPS) is 26.6. The summed E-state index contributed by atoms with van der Waals surface area (Å²) < 4.78 is 24.1. The van der Waals surface area contributed by atoms with Crippen LogP contribution in [0.1, 0.15) is 12.0 Å². The first kappa shape index (κ1) is 14.9. The Labute approximate surface area is 118 Å². The number of hydrogen-bond donors (Lipinski definition) is 0. The number of likely N-dealkylation sites (tertiary alicyclic amines) is 1. The average Bonchev–Trinajstić information content (AvgIpc) is 2.74. The van der Waals surface area contributed by atoms with Crippen molar-refractivity contribution in [2.24, 2.45) is 0 Å². The Morgan fingerprint density at radius 1 is 1.45 bits per heavy atom. The van der Waals surface area contributed by atoms with Crippen LogP contribution in [0.15, 0.2) is 30.3 Å². The number of esters is 1. The minimum absolute atomic E-state index is 0.116. The number of ether oxygens (including phenoxy) is 2. The van der Waals surface area contributed by atoms with E-state index in [0.29, 0.717) is 6.61 Å². The number of halogens is 1. The van der Waals surface area contributed by atoms with Gasteiger partial charge in [0.2, 0.25) is 0 Å². The third-order valence-corrected chi connectivity index (χ3v) is 3.78. The van der Waals surface area contributed by atoms with Crippen LogP contribution in [0.3, 0.4) is 0 Å². The third-order valence-electron chi connectivity index (χ3n) is 3.78. The van der Waals surface area contributed by atoms with E-state index in [0.717, 1.165) is 5.56 Å². The van der Waals surface area contributed by atoms with Crippen molar-refractivity contribution in [3.8, 4) is 0 Å². The summed E-state index contributed by atoms with van der Waals surface area (Å²) in [6.45, 7) is 0.750. The van der Waals surface area contributed by atoms with E-state index in [2.05, 4.69) is 0 Å². The number of methoxy groups -OCH3 is 1. The highest BCUT2D eigenvalue weighted by Crippen LogP contribution is 2.31. The first-order valence-corrected chi connectivity index (χ1v) is 6.64. The minimum Gasteiger partial charge on any atom is -0.468 e. The molecule has 1 saturated heterocycles. The lowest BCUT2D eigenvalue weighted by Crippen LogP contribution is -2.52. The lowest BCUT2D eigenvalue weighted by molar-refractivity contribution is -0.157. The van der Waals surface area contributed by atoms with Gasteiger partial charge in [0.05, 0.1) is 20.3 Å². The fourth-order valence-corrected chi connectivity index (χ4v) is 2.63. The van der Waals surface area contributed by atoms with E-state index in [-0.39, 0.29) is 19.6 Å². The molecule has 0 bridgehead atoms. The Morgan fingerprint density at radius 3 is 2.70 bits per heavy atom. The summed E-state index contributed by atoms with van der Waals surface area (Å²) in [5, 5.41) is 0. The molecule has 0 N–H and O–H groups in total. The van der Waals surface area contributed by atoms with Crippen LogP contribution in [0, 0.1) is 0 Å². The van der Waals surface area contributed by atoms with Gasteiger partial charge in [-0.2, -0.15) is 0 Å². The number of rotatable bonds is 5. The Kier molecular flexibility index (Phi) is 4.73. The molecule has 1 aromatic rings. The molecule has 0 saturated carbocycles. The van der Waals surface area contributed by atoms with Crippen LogP contribution in [0.4, 0.5) is 4.39 Å². The molecule has 1 fully saturated rings. The van der Waals surface area contributed by atoms with E-state index in [1.54, 1.807) is 11.9 Å². The Morgan fingerprint density at radius 2 is 2.15 bits per heavy atom. The van der Waals surface area contributed by atoms with Gasteiger partial charge in [-0.25, -0.2) is 9.18 Å². The summed E-state index contributed by atoms with van der Waals surface area (Å²) >= 11 is 0. The zero-order valence-electron chi connectivity index (χ0n) is 11.8. The van der Waals surface area contributed by atoms with Crippen molar-refractivity contribution in [2.45, 2.75) is 24.7 Å². The highest BCUT2D eigenvalue weighted by atomic mass is 19.1. The second kappa shape index (κ2) is 6.33. The molecule has 2 atom stereocenters. The molecule has 0 radical (unpaired) electrons. The number of carbonyl (C=O) groups is 1. The van der Waals surface area contributed by atoms with Gasteiger partial charge in [-0.1, -0.05) is 30.3 Å². The van der Waals surface area contributed by atoms with Crippen molar-refractivity contribution in [1.29, 1.82) is 0 Å². The van der Waals surface area contributed by atoms with E-state index in [1.165, 1.54) is 7.11 Å². The van der Waals surface area contributed by atoms with Gasteiger partial charge in [0.15, 0.2) is 0 Å². The topological polar surface area (TPSA) is 38.8 Å². The van der Waals surface area contributed by atoms with Crippen LogP contribution >= 0.6 is 0 Å². The zero-order valence-corrected chi connectivity index (χ0v) is 11.8. The SMILES string of the molecule is COC(=O)C1(COCc2ccccc2)C[C@@H](F)CN1C. The van der Waals surface area contributed by atoms with Gasteiger partial charge in [-0.05, 0) is 12.6 Å². The molecule has 1 aromatic carbocycles. The van der Waals surface area contributed by atoms with Crippen molar-refractivity contribution in [3.05, 3.63) is 35.9 Å². The van der Waals surface area contributed by atoms with Crippen molar-refractivity contribution in [3.63, 3.8) is 0 Å². The lowest BCUT2D eigenvalue weighted by Gasteiger charge is -2.32. The molecule has 1 aliphatic rings. The number of likely N-dealkylation sites (N-methyl/N-ethyl adjacent to an activating group) is 1. The predicted octanol–water partition coefficient (Wildman–Crippen LogP) is 1.79. The van der Waals surface area contributed by atoms with Gasteiger partial charge in [0.1, 0.15) is 11.7 Å². The van der Waals surface area contributed by atoms with Crippen molar-refractivity contribution >= 4 is 5.97 Å². The Bertz CT molecular complexity index is 454. The maximum Gasteiger partial charge on any atom is 0.328 e. The van der Waals surface area contributed by atoms with E-state index in [4.69, 9.17) is 9.47 Å². The fourth-order valence-electron chi connectivity index (χ4n) is 2.63. The molecule has 0 amide bonds. The second-order valence-electron chi connectivity index (χ2n) is 5.18. The van der Waals surface area contributed by atoms with Crippen molar-refractivity contribution in [2.75, 3.05) is 27.3 Å². The maximum absolute atomic E-state index is 13.6. The quantitative estimate of drug-likeness (QED) is 0.771. The summed E-state index contributed by atoms with van der Waals surface area (Å²) in [5.41, 5.74) is 0.00752. The van der Waals surface area contributed by atoms with E-state index in [1.807, 2.05) is 30.3 Å². The molecule has 0 aliphatic carbocycles. The summed E-state index contributed by atoms with van der Waals surface area (Å²) in [6.07, 6.45) is -0.912. The second-order valence-corrected chi connectivity index (χ2v) is 5.18. The van der Waals surface area contributed by atoms with Gasteiger partial charge < -0.3 is 9.47 Å². The van der Waals surface area contributed by atoms with Crippen LogP contribution < -0.4 is 0 Å². The molecule has 4 nitrogen and oxygen atoms in total. The van der Waals surface area contributed by atoms with Crippen LogP contribution in [-0.2, 0) is 20.9 Å². The largest absolute Gasteiger partial charge is 0.468 e. The minimum atomic E-state index is -1.03. The first-order chi connectivity index (χ1) is 9.58. The van der Waals surface area contributed by atoms with Crippen LogP contribution in [0.5, 0.6) is 0 Å². The highest BCUT2D eigenvalue weighted by molar-refractivity contribution is 5.81. The monoisotopic (exact) mass is 281 g/mol. The predicted molar refractivity (Wildman–Crippen MR) is 73.0 cm³/mol. The molecular formula is C15H20FNO3. The van der Waals surface area contributed by atoms with Crippen LogP contribution in [-0.4, -0.2) is 49.9 Å². The zero-order chi connectivity index (χ0) is 14.6. The molecule has 1 unspecified atom stereocenters. The average molecular weight is 281 g/mol. The van der Waals surface area contributed by atoms with Gasteiger partial charge in [-0.15, -0.1) is 0 Å². The molecule has 1 aliphatic heterocycles. The van der Waals surface area contributed by atoms with Crippen molar-refractivity contribution < 1.29 is 18.7 Å². The standard InChI is InChI=1S/C15H20FNO3/c1-17-9-13(16)8-15(17,14(18)19-2)11-20-10-12-6-4-3-5-7-12/h3-7,13H,8-11H2,1-2H3/t13-,15?/m1/s1. The Hall–Kier alpha value is -1.46. The van der Waals surface area contributed by atoms with Crippen molar-refractivity contribution in [1.82, 2.24) is 4.90 Å². The first-order valence-electron chi connectivity index (χ1n) is 6.64. The van der Waals surface area contributed by atoms with E-state index in [9.17, 15) is 9.18 Å². The van der Waals surface area contributed by atoms with E-state index >= 15 is 0 Å². The number of benzene rings is 1. The number of hydrogen-bond acceptors (Lipinski definition) is 4. The van der Waals surface area contributed by atoms with E-state index < -0.39 is 17.7 Å². The summed E-state index contributed by atoms with van der Waals surface area (Å²) in [6, 6.07) is 9.67. The van der Waals surface area contributed by atoms with Gasteiger partial charge in [0.25, 0.3) is 0 Å². The molecule has 20 heavy (non-hydrogen) atoms. The number of carbonyl (C=O) groups excluding carboxylic acids is 1. The molecule has 0 spiro atoms. The van der Waals surface area contributed by atoms with Crippen LogP contribution in [0.25, 0.3) is 0 Å². The number of alkyl halides is 1. The molecule has 5 heteroatoms. The highest BCUT2D eigenvalue weighted by Gasteiger charge is 2.51. The van der Waals surface area contributed by atoms with Crippen LogP contribution in [0.2, 0.25) is 0 Å². The van der Waals surface area contributed by atoms with Gasteiger partial charge >= 0.3 is 5.97 Å². The lowest BCUT2D eigenvalue weighted by atomic mass is 9.97. The fraction of sp³-hybridized carbons (Fsp3) is 0.533. The molecule has 2 rings (SSSR count). The third kappa shape index (κ3) is 2.99. The smallest absolute Gasteiger partial charge is 0.328 e.